The Labute approximate surface area is 98.6 Å². The summed E-state index contributed by atoms with van der Waals surface area (Å²) in [5.41, 5.74) is 1.89. The molecule has 0 radical (unpaired) electrons. The Bertz CT molecular complexity index is 406. The molecule has 1 aromatic carbocycles. The molecule has 0 amide bonds. The molecular formula is C11H12ClNOS. The van der Waals surface area contributed by atoms with Gasteiger partial charge in [0.25, 0.3) is 0 Å². The van der Waals surface area contributed by atoms with E-state index in [-0.39, 0.29) is 10.4 Å². The Kier molecular flexibility index (Phi) is 3.05. The molecule has 0 aliphatic carbocycles. The lowest BCUT2D eigenvalue weighted by molar-refractivity contribution is 0.109. The fourth-order valence-corrected chi connectivity index (χ4v) is 3.15. The Morgan fingerprint density at radius 3 is 2.87 bits per heavy atom. The van der Waals surface area contributed by atoms with Crippen LogP contribution in [0.1, 0.15) is 21.2 Å². The number of thioether (sulfide) groups is 1. The van der Waals surface area contributed by atoms with Crippen LogP contribution in [0.5, 0.6) is 0 Å². The van der Waals surface area contributed by atoms with Crippen molar-refractivity contribution in [2.24, 2.45) is 0 Å². The van der Waals surface area contributed by atoms with E-state index >= 15 is 0 Å². The average Bonchev–Trinajstić information content (AvgIpc) is 2.42. The van der Waals surface area contributed by atoms with Gasteiger partial charge in [0.05, 0.1) is 5.25 Å². The van der Waals surface area contributed by atoms with Gasteiger partial charge in [-0.05, 0) is 31.8 Å². The van der Waals surface area contributed by atoms with Crippen LogP contribution in [-0.2, 0) is 0 Å². The number of likely N-dealkylation sites (N-methyl/N-ethyl adjacent to an activating group) is 1. The smallest absolute Gasteiger partial charge is 0.220 e. The van der Waals surface area contributed by atoms with Gasteiger partial charge in [0.1, 0.15) is 0 Å². The Morgan fingerprint density at radius 1 is 1.47 bits per heavy atom. The molecule has 0 N–H and O–H groups in total. The van der Waals surface area contributed by atoms with Crippen LogP contribution >= 0.6 is 23.4 Å². The maximum absolute atomic E-state index is 11.7. The first-order valence-electron chi connectivity index (χ1n) is 4.73. The molecule has 0 saturated heterocycles. The van der Waals surface area contributed by atoms with E-state index in [4.69, 9.17) is 11.6 Å². The zero-order chi connectivity index (χ0) is 11.0. The number of benzene rings is 1. The van der Waals surface area contributed by atoms with E-state index in [1.54, 1.807) is 6.07 Å². The van der Waals surface area contributed by atoms with Gasteiger partial charge in [0.15, 0.2) is 0 Å². The monoisotopic (exact) mass is 241 g/mol. The maximum Gasteiger partial charge on any atom is 0.220 e. The van der Waals surface area contributed by atoms with Crippen molar-refractivity contribution < 1.29 is 4.79 Å². The molecule has 2 nitrogen and oxygen atoms in total. The van der Waals surface area contributed by atoms with Gasteiger partial charge in [-0.3, -0.25) is 4.79 Å². The standard InChI is InChI=1S/C11H12ClNOS/c1-13(2)6-10-8-4-3-7(12)5-9(8)11(14)15-10/h3-5,10H,6H2,1-2H3/t10-/m1/s1. The summed E-state index contributed by atoms with van der Waals surface area (Å²) in [6, 6.07) is 5.58. The van der Waals surface area contributed by atoms with Gasteiger partial charge in [-0.15, -0.1) is 0 Å². The van der Waals surface area contributed by atoms with E-state index in [0.29, 0.717) is 5.02 Å². The minimum absolute atomic E-state index is 0.138. The number of hydrogen-bond acceptors (Lipinski definition) is 3. The first-order valence-corrected chi connectivity index (χ1v) is 5.99. The molecule has 1 atom stereocenters. The second-order valence-corrected chi connectivity index (χ2v) is 5.50. The number of fused-ring (bicyclic) bond motifs is 1. The lowest BCUT2D eigenvalue weighted by Crippen LogP contribution is -2.17. The summed E-state index contributed by atoms with van der Waals surface area (Å²) in [5.74, 6) is 0. The van der Waals surface area contributed by atoms with Crippen molar-refractivity contribution >= 4 is 28.5 Å². The normalized spacial score (nSPS) is 19.7. The average molecular weight is 242 g/mol. The zero-order valence-corrected chi connectivity index (χ0v) is 10.2. The summed E-state index contributed by atoms with van der Waals surface area (Å²) in [7, 11) is 4.03. The van der Waals surface area contributed by atoms with E-state index in [2.05, 4.69) is 4.90 Å². The SMILES string of the molecule is CN(C)C[C@H]1SC(=O)c2cc(Cl)ccc21. The fraction of sp³-hybridized carbons (Fsp3) is 0.364. The molecule has 80 valence electrons. The molecule has 0 bridgehead atoms. The van der Waals surface area contributed by atoms with Crippen LogP contribution in [0.2, 0.25) is 5.02 Å². The van der Waals surface area contributed by atoms with Gasteiger partial charge < -0.3 is 4.90 Å². The molecule has 1 heterocycles. The number of carbonyl (C=O) groups is 1. The largest absolute Gasteiger partial charge is 0.308 e. The first-order chi connectivity index (χ1) is 7.08. The minimum Gasteiger partial charge on any atom is -0.308 e. The maximum atomic E-state index is 11.7. The minimum atomic E-state index is 0.138. The predicted octanol–water partition coefficient (Wildman–Crippen LogP) is 2.83. The molecule has 0 spiro atoms. The summed E-state index contributed by atoms with van der Waals surface area (Å²) in [6.45, 7) is 0.880. The number of hydrogen-bond donors (Lipinski definition) is 0. The highest BCUT2D eigenvalue weighted by molar-refractivity contribution is 8.14. The van der Waals surface area contributed by atoms with Crippen LogP contribution in [0.25, 0.3) is 0 Å². The first kappa shape index (κ1) is 11.0. The molecule has 1 aromatic rings. The lowest BCUT2D eigenvalue weighted by Gasteiger charge is -2.15. The van der Waals surface area contributed by atoms with E-state index in [1.165, 1.54) is 11.8 Å². The van der Waals surface area contributed by atoms with Crippen molar-refractivity contribution in [2.45, 2.75) is 5.25 Å². The predicted molar refractivity (Wildman–Crippen MR) is 64.7 cm³/mol. The molecule has 0 unspecified atom stereocenters. The van der Waals surface area contributed by atoms with E-state index in [1.807, 2.05) is 26.2 Å². The highest BCUT2D eigenvalue weighted by atomic mass is 35.5. The van der Waals surface area contributed by atoms with Gasteiger partial charge in [-0.1, -0.05) is 29.4 Å². The Balaban J connectivity index is 2.34. The third-order valence-electron chi connectivity index (χ3n) is 2.36. The summed E-state index contributed by atoms with van der Waals surface area (Å²) in [4.78, 5) is 13.8. The van der Waals surface area contributed by atoms with Gasteiger partial charge in [0.2, 0.25) is 5.12 Å². The van der Waals surface area contributed by atoms with E-state index < -0.39 is 0 Å². The van der Waals surface area contributed by atoms with Crippen LogP contribution in [0.15, 0.2) is 18.2 Å². The van der Waals surface area contributed by atoms with Gasteiger partial charge >= 0.3 is 0 Å². The summed E-state index contributed by atoms with van der Waals surface area (Å²) in [6.07, 6.45) is 0. The fourth-order valence-electron chi connectivity index (χ4n) is 1.71. The van der Waals surface area contributed by atoms with Crippen molar-refractivity contribution in [2.75, 3.05) is 20.6 Å². The summed E-state index contributed by atoms with van der Waals surface area (Å²) >= 11 is 7.26. The van der Waals surface area contributed by atoms with Crippen LogP contribution < -0.4 is 0 Å². The number of carbonyl (C=O) groups excluding carboxylic acids is 1. The summed E-state index contributed by atoms with van der Waals surface area (Å²) in [5, 5.41) is 1.02. The van der Waals surface area contributed by atoms with Crippen molar-refractivity contribution in [1.29, 1.82) is 0 Å². The highest BCUT2D eigenvalue weighted by Crippen LogP contribution is 2.42. The van der Waals surface area contributed by atoms with Crippen LogP contribution in [-0.4, -0.2) is 30.7 Å². The number of rotatable bonds is 2. The van der Waals surface area contributed by atoms with Crippen molar-refractivity contribution in [3.63, 3.8) is 0 Å². The number of nitrogens with zero attached hydrogens (tertiary/aromatic N) is 1. The van der Waals surface area contributed by atoms with Gasteiger partial charge in [-0.2, -0.15) is 0 Å². The third-order valence-corrected chi connectivity index (χ3v) is 3.72. The molecule has 1 aliphatic rings. The lowest BCUT2D eigenvalue weighted by atomic mass is 10.1. The Hall–Kier alpha value is -0.510. The zero-order valence-electron chi connectivity index (χ0n) is 8.66. The molecule has 1 aliphatic heterocycles. The quantitative estimate of drug-likeness (QED) is 0.794. The van der Waals surface area contributed by atoms with Crippen molar-refractivity contribution in [1.82, 2.24) is 4.90 Å². The molecule has 0 aromatic heterocycles. The van der Waals surface area contributed by atoms with E-state index in [9.17, 15) is 4.79 Å². The van der Waals surface area contributed by atoms with Crippen LogP contribution in [0.4, 0.5) is 0 Å². The Morgan fingerprint density at radius 2 is 2.20 bits per heavy atom. The van der Waals surface area contributed by atoms with Gasteiger partial charge in [-0.25, -0.2) is 0 Å². The van der Waals surface area contributed by atoms with Crippen LogP contribution in [0.3, 0.4) is 0 Å². The number of halogens is 1. The molecule has 2 rings (SSSR count). The van der Waals surface area contributed by atoms with E-state index in [0.717, 1.165) is 17.7 Å². The third kappa shape index (κ3) is 2.19. The molecular weight excluding hydrogens is 230 g/mol. The highest BCUT2D eigenvalue weighted by Gasteiger charge is 2.30. The molecule has 15 heavy (non-hydrogen) atoms. The van der Waals surface area contributed by atoms with Crippen molar-refractivity contribution in [3.05, 3.63) is 34.3 Å². The van der Waals surface area contributed by atoms with Crippen LogP contribution in [0, 0.1) is 0 Å². The second kappa shape index (κ2) is 4.16. The molecule has 4 heteroatoms. The molecule has 0 fully saturated rings. The summed E-state index contributed by atoms with van der Waals surface area (Å²) < 4.78 is 0. The molecule has 0 saturated carbocycles. The van der Waals surface area contributed by atoms with Crippen molar-refractivity contribution in [3.8, 4) is 0 Å². The topological polar surface area (TPSA) is 20.3 Å². The van der Waals surface area contributed by atoms with Gasteiger partial charge in [0, 0.05) is 17.1 Å². The second-order valence-electron chi connectivity index (χ2n) is 3.89.